The molecule has 4 heteroatoms. The molecule has 4 atom stereocenters. The molecule has 2 fully saturated rings. The highest BCUT2D eigenvalue weighted by Crippen LogP contribution is 2.35. The average molecular weight is 389 g/mol. The molecular weight excluding hydrogens is 352 g/mol. The van der Waals surface area contributed by atoms with Crippen molar-refractivity contribution in [3.05, 3.63) is 48.6 Å². The Morgan fingerprint density at radius 1 is 0.893 bits per heavy atom. The average Bonchev–Trinajstić information content (AvgIpc) is 2.60. The summed E-state index contributed by atoms with van der Waals surface area (Å²) in [5, 5.41) is 0. The molecule has 0 aromatic heterocycles. The maximum Gasteiger partial charge on any atom is 0.163 e. The van der Waals surface area contributed by atoms with Gasteiger partial charge in [0.15, 0.2) is 11.6 Å². The zero-order valence-corrected chi connectivity index (χ0v) is 17.9. The minimum Gasteiger partial charge on any atom is -0.347 e. The quantitative estimate of drug-likeness (QED) is 0.586. The normalized spacial score (nSPS) is 32.0. The molecule has 156 valence electrons. The van der Waals surface area contributed by atoms with Gasteiger partial charge in [-0.25, -0.2) is 0 Å². The number of aryl methyl sites for hydroxylation is 1. The van der Waals surface area contributed by atoms with E-state index in [9.17, 15) is 0 Å². The fraction of sp³-hybridized carbons (Fsp3) is 0.667. The lowest BCUT2D eigenvalue weighted by Crippen LogP contribution is -2.49. The molecule has 0 unspecified atom stereocenters. The lowest BCUT2D eigenvalue weighted by Gasteiger charge is -2.44. The first-order chi connectivity index (χ1) is 13.2. The third-order valence-corrected chi connectivity index (χ3v) is 5.43. The second kappa shape index (κ2) is 9.08. The maximum absolute atomic E-state index is 6.24. The smallest absolute Gasteiger partial charge is 0.163 e. The van der Waals surface area contributed by atoms with Gasteiger partial charge in [0.1, 0.15) is 0 Å². The number of rotatable bonds is 7. The van der Waals surface area contributed by atoms with Crippen molar-refractivity contribution >= 4 is 0 Å². The van der Waals surface area contributed by atoms with Crippen molar-refractivity contribution in [2.45, 2.75) is 102 Å². The maximum atomic E-state index is 6.24. The lowest BCUT2D eigenvalue weighted by molar-refractivity contribution is -0.321. The van der Waals surface area contributed by atoms with Crippen LogP contribution in [0.1, 0.15) is 65.4 Å². The molecule has 0 aliphatic carbocycles. The first-order valence-electron chi connectivity index (χ1n) is 10.6. The SMILES string of the molecule is C=C[C@@H]1C[C@H](C[C@H]2C[C@@H](CCCc3ccccc3)OC(C)(C)O2)OC(C)(C)O1. The molecule has 28 heavy (non-hydrogen) atoms. The molecule has 3 rings (SSSR count). The Morgan fingerprint density at radius 2 is 1.50 bits per heavy atom. The molecule has 2 saturated heterocycles. The summed E-state index contributed by atoms with van der Waals surface area (Å²) in [4.78, 5) is 0. The van der Waals surface area contributed by atoms with Gasteiger partial charge in [0.2, 0.25) is 0 Å². The van der Waals surface area contributed by atoms with Crippen LogP contribution in [-0.4, -0.2) is 36.0 Å². The monoisotopic (exact) mass is 388 g/mol. The summed E-state index contributed by atoms with van der Waals surface area (Å²) in [6, 6.07) is 10.7. The summed E-state index contributed by atoms with van der Waals surface area (Å²) in [6.07, 6.45) is 8.23. The van der Waals surface area contributed by atoms with Crippen molar-refractivity contribution in [1.82, 2.24) is 0 Å². The van der Waals surface area contributed by atoms with Crippen molar-refractivity contribution in [3.8, 4) is 0 Å². The molecule has 2 aliphatic heterocycles. The summed E-state index contributed by atoms with van der Waals surface area (Å²) < 4.78 is 24.5. The molecular formula is C24H36O4. The van der Waals surface area contributed by atoms with Gasteiger partial charge in [-0.05, 0) is 52.5 Å². The molecule has 4 nitrogen and oxygen atoms in total. The van der Waals surface area contributed by atoms with Crippen LogP contribution in [0, 0.1) is 0 Å². The predicted octanol–water partition coefficient (Wildman–Crippen LogP) is 5.41. The van der Waals surface area contributed by atoms with Crippen molar-refractivity contribution in [1.29, 1.82) is 0 Å². The first kappa shape index (κ1) is 21.5. The highest BCUT2D eigenvalue weighted by Gasteiger charge is 2.40. The molecule has 2 aliphatic rings. The van der Waals surface area contributed by atoms with E-state index < -0.39 is 11.6 Å². The van der Waals surface area contributed by atoms with Crippen molar-refractivity contribution in [2.75, 3.05) is 0 Å². The molecule has 0 N–H and O–H groups in total. The van der Waals surface area contributed by atoms with Crippen LogP contribution >= 0.6 is 0 Å². The predicted molar refractivity (Wildman–Crippen MR) is 111 cm³/mol. The highest BCUT2D eigenvalue weighted by molar-refractivity contribution is 5.14. The molecule has 1 aromatic rings. The van der Waals surface area contributed by atoms with E-state index >= 15 is 0 Å². The van der Waals surface area contributed by atoms with E-state index in [0.29, 0.717) is 0 Å². The van der Waals surface area contributed by atoms with Gasteiger partial charge in [-0.3, -0.25) is 0 Å². The van der Waals surface area contributed by atoms with Gasteiger partial charge in [0.25, 0.3) is 0 Å². The van der Waals surface area contributed by atoms with E-state index in [0.717, 1.165) is 38.5 Å². The topological polar surface area (TPSA) is 36.9 Å². The number of hydrogen-bond donors (Lipinski definition) is 0. The van der Waals surface area contributed by atoms with Crippen LogP contribution in [-0.2, 0) is 25.4 Å². The van der Waals surface area contributed by atoms with Gasteiger partial charge in [-0.1, -0.05) is 36.4 Å². The fourth-order valence-electron chi connectivity index (χ4n) is 4.45. The van der Waals surface area contributed by atoms with Crippen molar-refractivity contribution in [3.63, 3.8) is 0 Å². The van der Waals surface area contributed by atoms with E-state index in [4.69, 9.17) is 18.9 Å². The van der Waals surface area contributed by atoms with Crippen LogP contribution in [0.3, 0.4) is 0 Å². The summed E-state index contributed by atoms with van der Waals surface area (Å²) >= 11 is 0. The Bertz CT molecular complexity index is 625. The summed E-state index contributed by atoms with van der Waals surface area (Å²) in [5.41, 5.74) is 1.39. The Hall–Kier alpha value is -1.20. The Morgan fingerprint density at radius 3 is 2.18 bits per heavy atom. The van der Waals surface area contributed by atoms with Crippen LogP contribution in [0.2, 0.25) is 0 Å². The zero-order valence-electron chi connectivity index (χ0n) is 17.9. The van der Waals surface area contributed by atoms with Gasteiger partial charge in [0.05, 0.1) is 24.4 Å². The lowest BCUT2D eigenvalue weighted by atomic mass is 9.95. The second-order valence-electron chi connectivity index (χ2n) is 9.00. The second-order valence-corrected chi connectivity index (χ2v) is 9.00. The van der Waals surface area contributed by atoms with Crippen LogP contribution in [0.4, 0.5) is 0 Å². The molecule has 0 spiro atoms. The van der Waals surface area contributed by atoms with Gasteiger partial charge in [-0.15, -0.1) is 6.58 Å². The molecule has 0 amide bonds. The zero-order chi connectivity index (χ0) is 20.2. The molecule has 2 heterocycles. The van der Waals surface area contributed by atoms with Crippen LogP contribution < -0.4 is 0 Å². The van der Waals surface area contributed by atoms with Gasteiger partial charge in [0, 0.05) is 19.3 Å². The summed E-state index contributed by atoms with van der Waals surface area (Å²) in [6.45, 7) is 11.9. The van der Waals surface area contributed by atoms with E-state index in [1.54, 1.807) is 0 Å². The van der Waals surface area contributed by atoms with E-state index in [1.807, 2.05) is 33.8 Å². The number of benzene rings is 1. The van der Waals surface area contributed by atoms with Crippen molar-refractivity contribution < 1.29 is 18.9 Å². The van der Waals surface area contributed by atoms with Crippen LogP contribution in [0.5, 0.6) is 0 Å². The van der Waals surface area contributed by atoms with Crippen LogP contribution in [0.15, 0.2) is 43.0 Å². The van der Waals surface area contributed by atoms with E-state index in [-0.39, 0.29) is 24.4 Å². The van der Waals surface area contributed by atoms with Gasteiger partial charge < -0.3 is 18.9 Å². The fourth-order valence-corrected chi connectivity index (χ4v) is 4.45. The largest absolute Gasteiger partial charge is 0.347 e. The number of hydrogen-bond acceptors (Lipinski definition) is 4. The minimum absolute atomic E-state index is 0.0308. The molecule has 1 aromatic carbocycles. The van der Waals surface area contributed by atoms with E-state index in [1.165, 1.54) is 5.56 Å². The Kier molecular flexibility index (Phi) is 6.98. The summed E-state index contributed by atoms with van der Waals surface area (Å²) in [7, 11) is 0. The molecule has 0 bridgehead atoms. The third-order valence-electron chi connectivity index (χ3n) is 5.43. The van der Waals surface area contributed by atoms with Crippen molar-refractivity contribution in [2.24, 2.45) is 0 Å². The summed E-state index contributed by atoms with van der Waals surface area (Å²) in [5.74, 6) is -1.14. The third kappa shape index (κ3) is 6.41. The first-order valence-corrected chi connectivity index (χ1v) is 10.6. The molecule has 0 radical (unpaired) electrons. The van der Waals surface area contributed by atoms with E-state index in [2.05, 4.69) is 36.9 Å². The number of ether oxygens (including phenoxy) is 4. The standard InChI is InChI=1S/C24H36O4/c1-6-19-15-21(27-23(2,3)25-19)17-22-16-20(26-24(4,5)28-22)14-10-13-18-11-8-7-9-12-18/h6-9,11-12,19-22H,1,10,13-17H2,2-5H3/t19-,20-,21-,22-/m1/s1. The minimum atomic E-state index is -0.586. The van der Waals surface area contributed by atoms with Gasteiger partial charge in [-0.2, -0.15) is 0 Å². The molecule has 0 saturated carbocycles. The Labute approximate surface area is 170 Å². The Balaban J connectivity index is 1.53. The van der Waals surface area contributed by atoms with Gasteiger partial charge >= 0.3 is 0 Å². The van der Waals surface area contributed by atoms with Crippen LogP contribution in [0.25, 0.3) is 0 Å². The highest BCUT2D eigenvalue weighted by atomic mass is 16.7.